The standard InChI is InChI=1S/C33H40N2/c1-21(2)17-24-13-10-14-25(18-24)31-34-28-19-26-27(33(7,8)16-15-32(26,5)6)20-29(28)35(31)30-22(3)11-9-12-23(30)4/h9-14,18-21H,15-17H2,1-8H3. The zero-order valence-electron chi connectivity index (χ0n) is 22.8. The minimum atomic E-state index is 0.159. The van der Waals surface area contributed by atoms with Crippen molar-refractivity contribution < 1.29 is 0 Å². The second kappa shape index (κ2) is 8.36. The van der Waals surface area contributed by atoms with Crippen LogP contribution in [0.2, 0.25) is 0 Å². The molecular weight excluding hydrogens is 424 g/mol. The SMILES string of the molecule is Cc1cccc(C)c1-n1c(-c2cccc(CC(C)C)c2)nc2cc3c(cc21)C(C)(C)CCC3(C)C. The van der Waals surface area contributed by atoms with E-state index in [0.717, 1.165) is 17.8 Å². The molecule has 35 heavy (non-hydrogen) atoms. The summed E-state index contributed by atoms with van der Waals surface area (Å²) in [6.07, 6.45) is 3.49. The monoisotopic (exact) mass is 464 g/mol. The van der Waals surface area contributed by atoms with Gasteiger partial charge in [0.2, 0.25) is 0 Å². The Balaban J connectivity index is 1.86. The molecular formula is C33H40N2. The normalized spacial score (nSPS) is 16.6. The third-order valence-electron chi connectivity index (χ3n) is 8.12. The van der Waals surface area contributed by atoms with Gasteiger partial charge in [0.1, 0.15) is 5.82 Å². The van der Waals surface area contributed by atoms with Crippen molar-refractivity contribution in [3.05, 3.63) is 82.4 Å². The number of benzene rings is 3. The summed E-state index contributed by atoms with van der Waals surface area (Å²) in [7, 11) is 0. The molecule has 1 aromatic heterocycles. The maximum Gasteiger partial charge on any atom is 0.145 e. The van der Waals surface area contributed by atoms with Crippen LogP contribution in [0.4, 0.5) is 0 Å². The number of aryl methyl sites for hydroxylation is 2. The zero-order valence-corrected chi connectivity index (χ0v) is 22.8. The van der Waals surface area contributed by atoms with E-state index in [2.05, 4.69) is 115 Å². The molecule has 0 bridgehead atoms. The Bertz CT molecular complexity index is 1390. The van der Waals surface area contributed by atoms with Crippen LogP contribution < -0.4 is 0 Å². The van der Waals surface area contributed by atoms with Crippen molar-refractivity contribution in [2.75, 3.05) is 0 Å². The minimum absolute atomic E-state index is 0.159. The summed E-state index contributed by atoms with van der Waals surface area (Å²) in [6, 6.07) is 20.5. The average Bonchev–Trinajstić information content (AvgIpc) is 3.14. The van der Waals surface area contributed by atoms with Crippen molar-refractivity contribution in [1.29, 1.82) is 0 Å². The molecule has 2 nitrogen and oxygen atoms in total. The van der Waals surface area contributed by atoms with Gasteiger partial charge >= 0.3 is 0 Å². The Morgan fingerprint density at radius 1 is 0.829 bits per heavy atom. The lowest BCUT2D eigenvalue weighted by atomic mass is 9.63. The lowest BCUT2D eigenvalue weighted by Gasteiger charge is -2.41. The van der Waals surface area contributed by atoms with Crippen molar-refractivity contribution >= 4 is 11.0 Å². The summed E-state index contributed by atoms with van der Waals surface area (Å²) in [4.78, 5) is 5.35. The van der Waals surface area contributed by atoms with Gasteiger partial charge in [-0.2, -0.15) is 0 Å². The number of rotatable bonds is 4. The fourth-order valence-corrected chi connectivity index (χ4v) is 6.03. The zero-order chi connectivity index (χ0) is 25.1. The van der Waals surface area contributed by atoms with Crippen molar-refractivity contribution in [2.45, 2.75) is 85.5 Å². The van der Waals surface area contributed by atoms with E-state index >= 15 is 0 Å². The van der Waals surface area contributed by atoms with Crippen LogP contribution in [0.3, 0.4) is 0 Å². The second-order valence-electron chi connectivity index (χ2n) is 12.5. The summed E-state index contributed by atoms with van der Waals surface area (Å²) in [5, 5.41) is 0. The predicted octanol–water partition coefficient (Wildman–Crippen LogP) is 8.86. The molecule has 3 aromatic carbocycles. The van der Waals surface area contributed by atoms with Gasteiger partial charge < -0.3 is 0 Å². The molecule has 0 atom stereocenters. The van der Waals surface area contributed by atoms with E-state index in [1.807, 2.05) is 0 Å². The fraction of sp³-hybridized carbons (Fsp3) is 0.424. The van der Waals surface area contributed by atoms with Gasteiger partial charge in [-0.1, -0.05) is 77.9 Å². The maximum atomic E-state index is 5.35. The molecule has 0 unspecified atom stereocenters. The number of fused-ring (bicyclic) bond motifs is 2. The summed E-state index contributed by atoms with van der Waals surface area (Å²) in [5.74, 6) is 1.67. The van der Waals surface area contributed by atoms with Crippen LogP contribution in [0, 0.1) is 19.8 Å². The third kappa shape index (κ3) is 4.11. The van der Waals surface area contributed by atoms with E-state index in [4.69, 9.17) is 4.98 Å². The van der Waals surface area contributed by atoms with E-state index < -0.39 is 0 Å². The molecule has 4 aromatic rings. The highest BCUT2D eigenvalue weighted by molar-refractivity contribution is 5.86. The first-order valence-corrected chi connectivity index (χ1v) is 13.2. The Labute approximate surface area is 211 Å². The Hall–Kier alpha value is -2.87. The molecule has 5 rings (SSSR count). The number of imidazole rings is 1. The summed E-state index contributed by atoms with van der Waals surface area (Å²) in [5.41, 5.74) is 12.0. The van der Waals surface area contributed by atoms with E-state index in [9.17, 15) is 0 Å². The van der Waals surface area contributed by atoms with E-state index in [0.29, 0.717) is 5.92 Å². The molecule has 0 spiro atoms. The summed E-state index contributed by atoms with van der Waals surface area (Å²) >= 11 is 0. The lowest BCUT2D eigenvalue weighted by molar-refractivity contribution is 0.332. The molecule has 0 saturated carbocycles. The smallest absolute Gasteiger partial charge is 0.145 e. The van der Waals surface area contributed by atoms with E-state index in [1.54, 1.807) is 0 Å². The van der Waals surface area contributed by atoms with Crippen LogP contribution in [0.5, 0.6) is 0 Å². The molecule has 1 heterocycles. The molecule has 2 heteroatoms. The van der Waals surface area contributed by atoms with Crippen molar-refractivity contribution in [1.82, 2.24) is 9.55 Å². The van der Waals surface area contributed by atoms with Gasteiger partial charge in [0.25, 0.3) is 0 Å². The summed E-state index contributed by atoms with van der Waals surface area (Å²) < 4.78 is 2.44. The minimum Gasteiger partial charge on any atom is -0.292 e. The van der Waals surface area contributed by atoms with Crippen LogP contribution in [0.15, 0.2) is 54.6 Å². The molecule has 182 valence electrons. The van der Waals surface area contributed by atoms with Crippen LogP contribution in [-0.2, 0) is 17.3 Å². The molecule has 0 N–H and O–H groups in total. The quantitative estimate of drug-likeness (QED) is 0.295. The van der Waals surface area contributed by atoms with Gasteiger partial charge in [0.15, 0.2) is 0 Å². The largest absolute Gasteiger partial charge is 0.292 e. The first-order chi connectivity index (χ1) is 16.5. The highest BCUT2D eigenvalue weighted by Gasteiger charge is 2.38. The molecule has 1 aliphatic carbocycles. The molecule has 0 radical (unpaired) electrons. The van der Waals surface area contributed by atoms with Crippen molar-refractivity contribution in [2.24, 2.45) is 5.92 Å². The highest BCUT2D eigenvalue weighted by atomic mass is 15.1. The topological polar surface area (TPSA) is 17.8 Å². The molecule has 0 saturated heterocycles. The number of aromatic nitrogens is 2. The Kier molecular flexibility index (Phi) is 5.70. The van der Waals surface area contributed by atoms with Gasteiger partial charge in [0.05, 0.1) is 16.7 Å². The van der Waals surface area contributed by atoms with Gasteiger partial charge in [-0.15, -0.1) is 0 Å². The Morgan fingerprint density at radius 2 is 1.43 bits per heavy atom. The van der Waals surface area contributed by atoms with Gasteiger partial charge in [-0.05, 0) is 95.9 Å². The Morgan fingerprint density at radius 3 is 2.06 bits per heavy atom. The first-order valence-electron chi connectivity index (χ1n) is 13.2. The van der Waals surface area contributed by atoms with E-state index in [1.165, 1.54) is 57.4 Å². The van der Waals surface area contributed by atoms with Gasteiger partial charge in [-0.3, -0.25) is 4.57 Å². The van der Waals surface area contributed by atoms with Crippen molar-refractivity contribution in [3.63, 3.8) is 0 Å². The van der Waals surface area contributed by atoms with Crippen LogP contribution in [0.25, 0.3) is 28.1 Å². The third-order valence-corrected chi connectivity index (χ3v) is 8.12. The van der Waals surface area contributed by atoms with Crippen LogP contribution >= 0.6 is 0 Å². The van der Waals surface area contributed by atoms with E-state index in [-0.39, 0.29) is 10.8 Å². The second-order valence-corrected chi connectivity index (χ2v) is 12.5. The first kappa shape index (κ1) is 23.9. The molecule has 0 aliphatic heterocycles. The number of hydrogen-bond acceptors (Lipinski definition) is 1. The predicted molar refractivity (Wildman–Crippen MR) is 150 cm³/mol. The molecule has 0 fully saturated rings. The number of para-hydroxylation sites is 1. The average molecular weight is 465 g/mol. The van der Waals surface area contributed by atoms with Gasteiger partial charge in [-0.25, -0.2) is 4.98 Å². The fourth-order valence-electron chi connectivity index (χ4n) is 6.03. The van der Waals surface area contributed by atoms with Gasteiger partial charge in [0, 0.05) is 5.56 Å². The highest BCUT2D eigenvalue weighted by Crippen LogP contribution is 2.47. The summed E-state index contributed by atoms with van der Waals surface area (Å²) in [6.45, 7) is 18.6. The van der Waals surface area contributed by atoms with Crippen molar-refractivity contribution in [3.8, 4) is 17.1 Å². The lowest BCUT2D eigenvalue weighted by Crippen LogP contribution is -2.33. The molecule has 1 aliphatic rings. The number of nitrogens with zero attached hydrogens (tertiary/aromatic N) is 2. The van der Waals surface area contributed by atoms with Crippen LogP contribution in [-0.4, -0.2) is 9.55 Å². The molecule has 0 amide bonds. The van der Waals surface area contributed by atoms with Crippen LogP contribution in [0.1, 0.15) is 82.2 Å². The number of hydrogen-bond donors (Lipinski definition) is 0. The maximum absolute atomic E-state index is 5.35.